The number of phenols is 1. The molecule has 1 fully saturated rings. The lowest BCUT2D eigenvalue weighted by Gasteiger charge is -2.05. The highest BCUT2D eigenvalue weighted by Gasteiger charge is 2.29. The molecule has 1 aromatic carbocycles. The van der Waals surface area contributed by atoms with Crippen molar-refractivity contribution in [2.45, 2.75) is 26.2 Å². The van der Waals surface area contributed by atoms with Gasteiger partial charge in [-0.3, -0.25) is 4.79 Å². The number of hydrazone groups is 1. The number of phenolic OH excluding ortho intramolecular Hbond substituents is 1. The summed E-state index contributed by atoms with van der Waals surface area (Å²) in [6, 6.07) is 6.81. The van der Waals surface area contributed by atoms with Crippen LogP contribution in [0.1, 0.15) is 31.7 Å². The number of rotatable bonds is 4. The Morgan fingerprint density at radius 1 is 1.41 bits per heavy atom. The largest absolute Gasteiger partial charge is 0.508 e. The van der Waals surface area contributed by atoms with Gasteiger partial charge in [-0.1, -0.05) is 6.92 Å². The Bertz CT molecular complexity index is 433. The summed E-state index contributed by atoms with van der Waals surface area (Å²) in [5.74, 6) is 0.401. The molecule has 4 nitrogen and oxygen atoms in total. The van der Waals surface area contributed by atoms with E-state index >= 15 is 0 Å². The molecule has 0 spiro atoms. The number of hydrogen-bond acceptors (Lipinski definition) is 3. The minimum absolute atomic E-state index is 0.00901. The van der Waals surface area contributed by atoms with Gasteiger partial charge in [-0.25, -0.2) is 5.43 Å². The molecular weight excluding hydrogens is 216 g/mol. The van der Waals surface area contributed by atoms with Crippen LogP contribution in [0.5, 0.6) is 5.75 Å². The second kappa shape index (κ2) is 4.99. The molecule has 1 saturated carbocycles. The fraction of sp³-hybridized carbons (Fsp3) is 0.385. The molecule has 1 aromatic rings. The number of nitrogens with one attached hydrogen (secondary N) is 1. The topological polar surface area (TPSA) is 61.7 Å². The van der Waals surface area contributed by atoms with E-state index in [-0.39, 0.29) is 17.6 Å². The molecular formula is C13H16N2O2. The van der Waals surface area contributed by atoms with Crippen LogP contribution < -0.4 is 5.43 Å². The molecule has 0 radical (unpaired) electrons. The third-order valence-electron chi connectivity index (χ3n) is 2.78. The average molecular weight is 232 g/mol. The molecule has 1 aliphatic carbocycles. The van der Waals surface area contributed by atoms with Gasteiger partial charge in [-0.2, -0.15) is 5.10 Å². The van der Waals surface area contributed by atoms with Gasteiger partial charge in [0.15, 0.2) is 0 Å². The van der Waals surface area contributed by atoms with Crippen molar-refractivity contribution in [1.82, 2.24) is 5.43 Å². The predicted molar refractivity (Wildman–Crippen MR) is 65.8 cm³/mol. The molecule has 1 aliphatic rings. The van der Waals surface area contributed by atoms with E-state index in [1.54, 1.807) is 24.3 Å². The van der Waals surface area contributed by atoms with Gasteiger partial charge in [0.05, 0.1) is 5.71 Å². The van der Waals surface area contributed by atoms with Crippen LogP contribution in [0.3, 0.4) is 0 Å². The molecule has 17 heavy (non-hydrogen) atoms. The van der Waals surface area contributed by atoms with Gasteiger partial charge >= 0.3 is 0 Å². The molecule has 90 valence electrons. The maximum Gasteiger partial charge on any atom is 0.243 e. The zero-order chi connectivity index (χ0) is 12.3. The van der Waals surface area contributed by atoms with E-state index in [2.05, 4.69) is 10.5 Å². The lowest BCUT2D eigenvalue weighted by molar-refractivity contribution is -0.122. The van der Waals surface area contributed by atoms with Gasteiger partial charge in [0.25, 0.3) is 0 Å². The normalized spacial score (nSPS) is 15.7. The first kappa shape index (κ1) is 11.6. The van der Waals surface area contributed by atoms with E-state index < -0.39 is 0 Å². The van der Waals surface area contributed by atoms with Gasteiger partial charge in [-0.15, -0.1) is 0 Å². The van der Waals surface area contributed by atoms with Crippen molar-refractivity contribution in [2.24, 2.45) is 11.0 Å². The van der Waals surface area contributed by atoms with Gasteiger partial charge in [0, 0.05) is 5.92 Å². The molecule has 2 rings (SSSR count). The van der Waals surface area contributed by atoms with Crippen LogP contribution in [-0.4, -0.2) is 16.7 Å². The molecule has 0 saturated heterocycles. The van der Waals surface area contributed by atoms with Gasteiger partial charge < -0.3 is 5.11 Å². The van der Waals surface area contributed by atoms with Crippen LogP contribution in [0.4, 0.5) is 0 Å². The maximum absolute atomic E-state index is 11.5. The third-order valence-corrected chi connectivity index (χ3v) is 2.78. The summed E-state index contributed by atoms with van der Waals surface area (Å²) < 4.78 is 0. The first-order valence-electron chi connectivity index (χ1n) is 5.86. The highest BCUT2D eigenvalue weighted by atomic mass is 16.3. The summed E-state index contributed by atoms with van der Waals surface area (Å²) in [5.41, 5.74) is 4.33. The van der Waals surface area contributed by atoms with Crippen LogP contribution in [0.15, 0.2) is 29.4 Å². The summed E-state index contributed by atoms with van der Waals surface area (Å²) >= 11 is 0. The molecule has 0 aromatic heterocycles. The van der Waals surface area contributed by atoms with Gasteiger partial charge in [0.2, 0.25) is 5.91 Å². The SMILES string of the molecule is CCC(=NNC(=O)C1CC1)c1ccc(O)cc1. The smallest absolute Gasteiger partial charge is 0.243 e. The van der Waals surface area contributed by atoms with Crippen molar-refractivity contribution in [1.29, 1.82) is 0 Å². The lowest BCUT2D eigenvalue weighted by atomic mass is 10.1. The van der Waals surface area contributed by atoms with Crippen molar-refractivity contribution in [3.05, 3.63) is 29.8 Å². The van der Waals surface area contributed by atoms with E-state index in [0.29, 0.717) is 0 Å². The molecule has 1 amide bonds. The molecule has 2 N–H and O–H groups in total. The summed E-state index contributed by atoms with van der Waals surface area (Å²) in [7, 11) is 0. The van der Waals surface area contributed by atoms with E-state index in [4.69, 9.17) is 0 Å². The minimum atomic E-state index is 0.00901. The molecule has 0 bridgehead atoms. The molecule has 0 aliphatic heterocycles. The predicted octanol–water partition coefficient (Wildman–Crippen LogP) is 2.03. The average Bonchev–Trinajstić information content (AvgIpc) is 3.16. The number of carbonyl (C=O) groups excluding carboxylic acids is 1. The van der Waals surface area contributed by atoms with Crippen molar-refractivity contribution in [3.8, 4) is 5.75 Å². The van der Waals surface area contributed by atoms with Crippen molar-refractivity contribution < 1.29 is 9.90 Å². The molecule has 0 unspecified atom stereocenters. The summed E-state index contributed by atoms with van der Waals surface area (Å²) in [6.07, 6.45) is 2.68. The minimum Gasteiger partial charge on any atom is -0.508 e. The van der Waals surface area contributed by atoms with Crippen molar-refractivity contribution >= 4 is 11.6 Å². The first-order chi connectivity index (χ1) is 8.20. The number of aromatic hydroxyl groups is 1. The highest BCUT2D eigenvalue weighted by molar-refractivity contribution is 6.01. The number of hydrogen-bond donors (Lipinski definition) is 2. The fourth-order valence-electron chi connectivity index (χ4n) is 1.56. The first-order valence-corrected chi connectivity index (χ1v) is 5.86. The molecule has 0 atom stereocenters. The number of carbonyl (C=O) groups is 1. The summed E-state index contributed by atoms with van der Waals surface area (Å²) in [4.78, 5) is 11.5. The zero-order valence-corrected chi connectivity index (χ0v) is 9.81. The lowest BCUT2D eigenvalue weighted by Crippen LogP contribution is -2.21. The fourth-order valence-corrected chi connectivity index (χ4v) is 1.56. The Kier molecular flexibility index (Phi) is 3.42. The maximum atomic E-state index is 11.5. The Hall–Kier alpha value is -1.84. The monoisotopic (exact) mass is 232 g/mol. The van der Waals surface area contributed by atoms with Crippen LogP contribution in [0, 0.1) is 5.92 Å². The third kappa shape index (κ3) is 3.06. The van der Waals surface area contributed by atoms with Crippen molar-refractivity contribution in [2.75, 3.05) is 0 Å². The quantitative estimate of drug-likeness (QED) is 0.616. The Morgan fingerprint density at radius 2 is 2.06 bits per heavy atom. The standard InChI is InChI=1S/C13H16N2O2/c1-2-12(9-5-7-11(16)8-6-9)14-15-13(17)10-3-4-10/h5-8,10,16H,2-4H2,1H3,(H,15,17). The Morgan fingerprint density at radius 3 is 2.59 bits per heavy atom. The molecule has 4 heteroatoms. The van der Waals surface area contributed by atoms with Crippen LogP contribution in [-0.2, 0) is 4.79 Å². The van der Waals surface area contributed by atoms with E-state index in [9.17, 15) is 9.90 Å². The van der Waals surface area contributed by atoms with Crippen LogP contribution >= 0.6 is 0 Å². The number of nitrogens with zero attached hydrogens (tertiary/aromatic N) is 1. The summed E-state index contributed by atoms with van der Waals surface area (Å²) in [6.45, 7) is 1.98. The summed E-state index contributed by atoms with van der Waals surface area (Å²) in [5, 5.41) is 13.3. The zero-order valence-electron chi connectivity index (χ0n) is 9.81. The number of amides is 1. The number of benzene rings is 1. The van der Waals surface area contributed by atoms with Crippen molar-refractivity contribution in [3.63, 3.8) is 0 Å². The highest BCUT2D eigenvalue weighted by Crippen LogP contribution is 2.28. The van der Waals surface area contributed by atoms with E-state index in [0.717, 1.165) is 30.5 Å². The van der Waals surface area contributed by atoms with Crippen LogP contribution in [0.2, 0.25) is 0 Å². The van der Waals surface area contributed by atoms with E-state index in [1.807, 2.05) is 6.92 Å². The second-order valence-electron chi connectivity index (χ2n) is 4.21. The molecule has 0 heterocycles. The Balaban J connectivity index is 2.06. The van der Waals surface area contributed by atoms with Crippen LogP contribution in [0.25, 0.3) is 0 Å². The van der Waals surface area contributed by atoms with Gasteiger partial charge in [-0.05, 0) is 49.1 Å². The second-order valence-corrected chi connectivity index (χ2v) is 4.21. The van der Waals surface area contributed by atoms with E-state index in [1.165, 1.54) is 0 Å². The van der Waals surface area contributed by atoms with Gasteiger partial charge in [0.1, 0.15) is 5.75 Å². The Labute approximate surface area is 100 Å².